The Morgan fingerprint density at radius 1 is 1.67 bits per heavy atom. The molecule has 0 aromatic rings. The summed E-state index contributed by atoms with van der Waals surface area (Å²) in [6.45, 7) is 1.55. The highest BCUT2D eigenvalue weighted by atomic mass is 16.3. The molecule has 0 amide bonds. The average molecular weight is 132 g/mol. The van der Waals surface area contributed by atoms with Gasteiger partial charge in [-0.05, 0) is 6.42 Å². The molecule has 0 heterocycles. The smallest absolute Gasteiger partial charge is 0.125 e. The van der Waals surface area contributed by atoms with E-state index in [0.29, 0.717) is 6.29 Å². The van der Waals surface area contributed by atoms with Crippen LogP contribution >= 0.6 is 0 Å². The Bertz CT molecular complexity index is 82.4. The molecule has 0 saturated carbocycles. The topological polar surface area (TPSA) is 57.5 Å². The summed E-state index contributed by atoms with van der Waals surface area (Å²) in [5, 5.41) is 17.2. The number of hydrogen-bond acceptors (Lipinski definition) is 3. The van der Waals surface area contributed by atoms with Crippen LogP contribution in [0.5, 0.6) is 0 Å². The van der Waals surface area contributed by atoms with Gasteiger partial charge in [0, 0.05) is 12.5 Å². The minimum absolute atomic E-state index is 0.0701. The van der Waals surface area contributed by atoms with Crippen LogP contribution < -0.4 is 0 Å². The summed E-state index contributed by atoms with van der Waals surface area (Å²) >= 11 is 0. The van der Waals surface area contributed by atoms with Crippen molar-refractivity contribution >= 4 is 6.29 Å². The summed E-state index contributed by atoms with van der Waals surface area (Å²) in [5.41, 5.74) is 0. The van der Waals surface area contributed by atoms with Crippen molar-refractivity contribution in [1.82, 2.24) is 0 Å². The summed E-state index contributed by atoms with van der Waals surface area (Å²) < 4.78 is 0. The van der Waals surface area contributed by atoms with Crippen LogP contribution in [0.1, 0.15) is 13.3 Å². The highest BCUT2D eigenvalue weighted by molar-refractivity contribution is 5.53. The lowest BCUT2D eigenvalue weighted by Crippen LogP contribution is -2.19. The molecule has 54 valence electrons. The number of aliphatic hydroxyl groups is 2. The second-order valence-corrected chi connectivity index (χ2v) is 2.07. The molecular weight excluding hydrogens is 120 g/mol. The molecule has 3 nitrogen and oxygen atoms in total. The molecule has 2 N–H and O–H groups in total. The van der Waals surface area contributed by atoms with Crippen LogP contribution in [0.4, 0.5) is 0 Å². The standard InChI is InChI=1S/C6H12O3/c1-5(4-8)6(9)2-3-7/h4-7,9H,2-3H2,1H3/t5-,6-/m0/s1. The third-order valence-electron chi connectivity index (χ3n) is 1.25. The van der Waals surface area contributed by atoms with Crippen LogP contribution in [0.15, 0.2) is 0 Å². The summed E-state index contributed by atoms with van der Waals surface area (Å²) in [5.74, 6) is -0.364. The molecule has 0 saturated heterocycles. The lowest BCUT2D eigenvalue weighted by atomic mass is 10.0. The van der Waals surface area contributed by atoms with Gasteiger partial charge in [0.1, 0.15) is 6.29 Å². The van der Waals surface area contributed by atoms with Crippen molar-refractivity contribution in [2.45, 2.75) is 19.4 Å². The van der Waals surface area contributed by atoms with Gasteiger partial charge >= 0.3 is 0 Å². The van der Waals surface area contributed by atoms with E-state index in [-0.39, 0.29) is 18.9 Å². The van der Waals surface area contributed by atoms with Gasteiger partial charge in [-0.25, -0.2) is 0 Å². The van der Waals surface area contributed by atoms with Crippen molar-refractivity contribution in [2.75, 3.05) is 6.61 Å². The first-order chi connectivity index (χ1) is 4.22. The molecule has 9 heavy (non-hydrogen) atoms. The molecule has 0 radical (unpaired) electrons. The van der Waals surface area contributed by atoms with E-state index in [1.54, 1.807) is 6.92 Å². The number of aliphatic hydroxyl groups excluding tert-OH is 2. The Hall–Kier alpha value is -0.410. The van der Waals surface area contributed by atoms with Gasteiger partial charge in [0.2, 0.25) is 0 Å². The first kappa shape index (κ1) is 8.59. The number of aldehydes is 1. The van der Waals surface area contributed by atoms with Crippen molar-refractivity contribution in [3.8, 4) is 0 Å². The van der Waals surface area contributed by atoms with Crippen LogP contribution in [-0.4, -0.2) is 29.2 Å². The molecule has 0 bridgehead atoms. The van der Waals surface area contributed by atoms with E-state index in [9.17, 15) is 4.79 Å². The fraction of sp³-hybridized carbons (Fsp3) is 0.833. The van der Waals surface area contributed by atoms with Gasteiger partial charge < -0.3 is 15.0 Å². The lowest BCUT2D eigenvalue weighted by molar-refractivity contribution is -0.113. The fourth-order valence-corrected chi connectivity index (χ4v) is 0.486. The maximum absolute atomic E-state index is 9.98. The van der Waals surface area contributed by atoms with Crippen LogP contribution in [-0.2, 0) is 4.79 Å². The Balaban J connectivity index is 3.44. The molecule has 0 spiro atoms. The first-order valence-corrected chi connectivity index (χ1v) is 2.96. The normalized spacial score (nSPS) is 16.8. The predicted octanol–water partition coefficient (Wildman–Crippen LogP) is -0.435. The summed E-state index contributed by atoms with van der Waals surface area (Å²) in [6.07, 6.45) is 0.271. The van der Waals surface area contributed by atoms with Gasteiger partial charge in [0.25, 0.3) is 0 Å². The predicted molar refractivity (Wildman–Crippen MR) is 32.9 cm³/mol. The molecule has 0 fully saturated rings. The third kappa shape index (κ3) is 3.21. The quantitative estimate of drug-likeness (QED) is 0.510. The van der Waals surface area contributed by atoms with Gasteiger partial charge in [-0.1, -0.05) is 6.92 Å². The Morgan fingerprint density at radius 3 is 2.56 bits per heavy atom. The fourth-order valence-electron chi connectivity index (χ4n) is 0.486. The number of rotatable bonds is 4. The zero-order valence-electron chi connectivity index (χ0n) is 5.45. The Labute approximate surface area is 54.3 Å². The Morgan fingerprint density at radius 2 is 2.22 bits per heavy atom. The van der Waals surface area contributed by atoms with Crippen LogP contribution in [0.2, 0.25) is 0 Å². The summed E-state index contributed by atoms with van der Waals surface area (Å²) in [6, 6.07) is 0. The largest absolute Gasteiger partial charge is 0.396 e. The number of hydrogen-bond donors (Lipinski definition) is 2. The van der Waals surface area contributed by atoms with Crippen molar-refractivity contribution in [1.29, 1.82) is 0 Å². The molecule has 0 unspecified atom stereocenters. The zero-order valence-corrected chi connectivity index (χ0v) is 5.45. The average Bonchev–Trinajstić information content (AvgIpc) is 1.87. The van der Waals surface area contributed by atoms with Crippen LogP contribution in [0, 0.1) is 5.92 Å². The van der Waals surface area contributed by atoms with Gasteiger partial charge in [-0.2, -0.15) is 0 Å². The van der Waals surface area contributed by atoms with E-state index < -0.39 is 6.10 Å². The first-order valence-electron chi connectivity index (χ1n) is 2.96. The van der Waals surface area contributed by atoms with Crippen LogP contribution in [0.3, 0.4) is 0 Å². The van der Waals surface area contributed by atoms with E-state index in [1.165, 1.54) is 0 Å². The highest BCUT2D eigenvalue weighted by Gasteiger charge is 2.10. The van der Waals surface area contributed by atoms with E-state index in [2.05, 4.69) is 0 Å². The summed E-state index contributed by atoms with van der Waals surface area (Å²) in [7, 11) is 0. The minimum Gasteiger partial charge on any atom is -0.396 e. The second-order valence-electron chi connectivity index (χ2n) is 2.07. The molecule has 0 rings (SSSR count). The maximum atomic E-state index is 9.98. The van der Waals surface area contributed by atoms with E-state index >= 15 is 0 Å². The second kappa shape index (κ2) is 4.47. The third-order valence-corrected chi connectivity index (χ3v) is 1.25. The van der Waals surface area contributed by atoms with E-state index in [1.807, 2.05) is 0 Å². The molecule has 0 aliphatic rings. The molecule has 0 aliphatic heterocycles. The van der Waals surface area contributed by atoms with Gasteiger partial charge in [-0.3, -0.25) is 0 Å². The van der Waals surface area contributed by atoms with Crippen LogP contribution in [0.25, 0.3) is 0 Å². The monoisotopic (exact) mass is 132 g/mol. The van der Waals surface area contributed by atoms with Gasteiger partial charge in [0.15, 0.2) is 0 Å². The molecule has 0 aliphatic carbocycles. The van der Waals surface area contributed by atoms with Crippen molar-refractivity contribution in [3.05, 3.63) is 0 Å². The minimum atomic E-state index is -0.688. The van der Waals surface area contributed by atoms with E-state index in [4.69, 9.17) is 10.2 Å². The molecule has 2 atom stereocenters. The maximum Gasteiger partial charge on any atom is 0.125 e. The van der Waals surface area contributed by atoms with E-state index in [0.717, 1.165) is 0 Å². The Kier molecular flexibility index (Phi) is 4.26. The molecule has 0 aromatic heterocycles. The van der Waals surface area contributed by atoms with Crippen molar-refractivity contribution in [2.24, 2.45) is 5.92 Å². The number of carbonyl (C=O) groups is 1. The molecule has 3 heteroatoms. The van der Waals surface area contributed by atoms with Gasteiger partial charge in [0.05, 0.1) is 6.10 Å². The lowest BCUT2D eigenvalue weighted by Gasteiger charge is -2.10. The zero-order chi connectivity index (χ0) is 7.28. The summed E-state index contributed by atoms with van der Waals surface area (Å²) in [4.78, 5) is 9.98. The van der Waals surface area contributed by atoms with Crippen molar-refractivity contribution < 1.29 is 15.0 Å². The van der Waals surface area contributed by atoms with Gasteiger partial charge in [-0.15, -0.1) is 0 Å². The van der Waals surface area contributed by atoms with Crippen molar-refractivity contribution in [3.63, 3.8) is 0 Å². The number of carbonyl (C=O) groups excluding carboxylic acids is 1. The highest BCUT2D eigenvalue weighted by Crippen LogP contribution is 2.01. The molecule has 0 aromatic carbocycles. The molecular formula is C6H12O3. The SMILES string of the molecule is C[C@@H](C=O)[C@@H](O)CCO.